The summed E-state index contributed by atoms with van der Waals surface area (Å²) in [5.74, 6) is 0. The zero-order valence-corrected chi connectivity index (χ0v) is 8.90. The maximum absolute atomic E-state index is 3.55. The lowest BCUT2D eigenvalue weighted by atomic mass is 10.0. The Morgan fingerprint density at radius 3 is 2.75 bits per heavy atom. The van der Waals surface area contributed by atoms with E-state index in [1.165, 1.54) is 26.7 Å². The molecule has 0 amide bonds. The zero-order valence-electron chi connectivity index (χ0n) is 7.32. The quantitative estimate of drug-likeness (QED) is 0.628. The van der Waals surface area contributed by atoms with Gasteiger partial charge in [0.15, 0.2) is 0 Å². The van der Waals surface area contributed by atoms with Gasteiger partial charge in [0.2, 0.25) is 0 Å². The van der Waals surface area contributed by atoms with Crippen molar-refractivity contribution < 1.29 is 0 Å². The van der Waals surface area contributed by atoms with Gasteiger partial charge < -0.3 is 0 Å². The van der Waals surface area contributed by atoms with Crippen LogP contribution in [0.15, 0.2) is 22.7 Å². The van der Waals surface area contributed by atoms with Crippen LogP contribution < -0.4 is 0 Å². The van der Waals surface area contributed by atoms with Gasteiger partial charge in [0.05, 0.1) is 0 Å². The SMILES string of the molecule is CC1=CCc2cc(Br)c(C)cc21. The highest BCUT2D eigenvalue weighted by Crippen LogP contribution is 2.31. The van der Waals surface area contributed by atoms with E-state index in [9.17, 15) is 0 Å². The van der Waals surface area contributed by atoms with E-state index in [0.717, 1.165) is 6.42 Å². The van der Waals surface area contributed by atoms with Crippen LogP contribution in [-0.4, -0.2) is 0 Å². The Labute approximate surface area is 81.4 Å². The number of halogens is 1. The Bertz CT molecular complexity index is 362. The van der Waals surface area contributed by atoms with Crippen molar-refractivity contribution in [2.24, 2.45) is 0 Å². The van der Waals surface area contributed by atoms with Gasteiger partial charge in [-0.05, 0) is 48.6 Å². The number of aryl methyl sites for hydroxylation is 1. The maximum Gasteiger partial charge on any atom is 0.0207 e. The highest BCUT2D eigenvalue weighted by molar-refractivity contribution is 9.10. The van der Waals surface area contributed by atoms with E-state index in [0.29, 0.717) is 0 Å². The lowest BCUT2D eigenvalue weighted by Crippen LogP contribution is -1.86. The van der Waals surface area contributed by atoms with Crippen LogP contribution in [0.1, 0.15) is 23.6 Å². The van der Waals surface area contributed by atoms with E-state index < -0.39 is 0 Å². The summed E-state index contributed by atoms with van der Waals surface area (Å²) < 4.78 is 1.23. The van der Waals surface area contributed by atoms with Crippen molar-refractivity contribution in [3.8, 4) is 0 Å². The Morgan fingerprint density at radius 2 is 2.00 bits per heavy atom. The first kappa shape index (κ1) is 8.06. The van der Waals surface area contributed by atoms with Crippen molar-refractivity contribution >= 4 is 21.5 Å². The van der Waals surface area contributed by atoms with Gasteiger partial charge in [0, 0.05) is 4.47 Å². The van der Waals surface area contributed by atoms with E-state index in [1.807, 2.05) is 0 Å². The van der Waals surface area contributed by atoms with Gasteiger partial charge >= 0.3 is 0 Å². The molecule has 0 unspecified atom stereocenters. The normalized spacial score (nSPS) is 14.4. The zero-order chi connectivity index (χ0) is 8.72. The number of fused-ring (bicyclic) bond motifs is 1. The minimum Gasteiger partial charge on any atom is -0.0766 e. The third kappa shape index (κ3) is 1.13. The maximum atomic E-state index is 3.55. The number of hydrogen-bond acceptors (Lipinski definition) is 0. The van der Waals surface area contributed by atoms with Crippen LogP contribution in [0.25, 0.3) is 5.57 Å². The summed E-state index contributed by atoms with van der Waals surface area (Å²) in [4.78, 5) is 0. The molecule has 62 valence electrons. The minimum atomic E-state index is 1.10. The van der Waals surface area contributed by atoms with Crippen LogP contribution >= 0.6 is 15.9 Å². The molecule has 1 aliphatic rings. The van der Waals surface area contributed by atoms with Crippen molar-refractivity contribution in [1.29, 1.82) is 0 Å². The number of rotatable bonds is 0. The summed E-state index contributed by atoms with van der Waals surface area (Å²) in [6.45, 7) is 4.31. The summed E-state index contributed by atoms with van der Waals surface area (Å²) in [6.07, 6.45) is 3.39. The molecule has 1 aromatic rings. The average molecular weight is 223 g/mol. The van der Waals surface area contributed by atoms with Gasteiger partial charge in [-0.25, -0.2) is 0 Å². The summed E-state index contributed by atoms with van der Waals surface area (Å²) in [5, 5.41) is 0. The Morgan fingerprint density at radius 1 is 1.25 bits per heavy atom. The molecule has 0 saturated carbocycles. The first-order valence-electron chi connectivity index (χ1n) is 4.14. The molecule has 0 atom stereocenters. The molecule has 0 aliphatic heterocycles. The highest BCUT2D eigenvalue weighted by atomic mass is 79.9. The van der Waals surface area contributed by atoms with Crippen LogP contribution in [0.4, 0.5) is 0 Å². The van der Waals surface area contributed by atoms with E-state index in [2.05, 4.69) is 48.0 Å². The molecule has 0 heterocycles. The Kier molecular flexibility index (Phi) is 1.84. The molecule has 1 aromatic carbocycles. The molecule has 1 aliphatic carbocycles. The second-order valence-electron chi connectivity index (χ2n) is 3.35. The van der Waals surface area contributed by atoms with Gasteiger partial charge in [-0.2, -0.15) is 0 Å². The predicted molar refractivity (Wildman–Crippen MR) is 56.2 cm³/mol. The van der Waals surface area contributed by atoms with Crippen molar-refractivity contribution in [1.82, 2.24) is 0 Å². The van der Waals surface area contributed by atoms with Gasteiger partial charge in [-0.1, -0.05) is 28.1 Å². The fraction of sp³-hybridized carbons (Fsp3) is 0.273. The second-order valence-corrected chi connectivity index (χ2v) is 4.20. The molecule has 0 N–H and O–H groups in total. The van der Waals surface area contributed by atoms with E-state index >= 15 is 0 Å². The predicted octanol–water partition coefficient (Wildman–Crippen LogP) is 3.72. The number of benzene rings is 1. The first-order valence-corrected chi connectivity index (χ1v) is 4.94. The molecule has 0 saturated heterocycles. The third-order valence-corrected chi connectivity index (χ3v) is 3.29. The van der Waals surface area contributed by atoms with Crippen LogP contribution in [0.2, 0.25) is 0 Å². The summed E-state index contributed by atoms with van der Waals surface area (Å²) in [5.41, 5.74) is 5.62. The first-order chi connectivity index (χ1) is 5.68. The molecule has 0 nitrogen and oxygen atoms in total. The standard InChI is InChI=1S/C11H11Br/c1-7-3-4-9-6-11(12)8(2)5-10(7)9/h3,5-6H,4H2,1-2H3. The average Bonchev–Trinajstić information content (AvgIpc) is 2.35. The molecule has 2 rings (SSSR count). The van der Waals surface area contributed by atoms with Crippen molar-refractivity contribution in [2.45, 2.75) is 20.3 Å². The summed E-state index contributed by atoms with van der Waals surface area (Å²) in [7, 11) is 0. The van der Waals surface area contributed by atoms with E-state index in [4.69, 9.17) is 0 Å². The Balaban J connectivity index is 2.63. The van der Waals surface area contributed by atoms with Crippen molar-refractivity contribution in [3.63, 3.8) is 0 Å². The monoisotopic (exact) mass is 222 g/mol. The van der Waals surface area contributed by atoms with Crippen LogP contribution in [0, 0.1) is 6.92 Å². The van der Waals surface area contributed by atoms with Crippen molar-refractivity contribution in [3.05, 3.63) is 39.4 Å². The minimum absolute atomic E-state index is 1.10. The van der Waals surface area contributed by atoms with Gasteiger partial charge in [-0.3, -0.25) is 0 Å². The van der Waals surface area contributed by atoms with Crippen LogP contribution in [-0.2, 0) is 6.42 Å². The molecule has 0 bridgehead atoms. The molecule has 0 spiro atoms. The molecular weight excluding hydrogens is 212 g/mol. The lowest BCUT2D eigenvalue weighted by molar-refractivity contribution is 1.28. The fourth-order valence-corrected chi connectivity index (χ4v) is 2.02. The number of allylic oxidation sites excluding steroid dienone is 2. The van der Waals surface area contributed by atoms with Crippen LogP contribution in [0.5, 0.6) is 0 Å². The topological polar surface area (TPSA) is 0 Å². The molecule has 0 radical (unpaired) electrons. The van der Waals surface area contributed by atoms with Crippen molar-refractivity contribution in [2.75, 3.05) is 0 Å². The Hall–Kier alpha value is -0.560. The lowest BCUT2D eigenvalue weighted by Gasteiger charge is -2.04. The molecule has 0 fully saturated rings. The molecule has 0 aromatic heterocycles. The van der Waals surface area contributed by atoms with Crippen LogP contribution in [0.3, 0.4) is 0 Å². The van der Waals surface area contributed by atoms with Gasteiger partial charge in [-0.15, -0.1) is 0 Å². The number of hydrogen-bond donors (Lipinski definition) is 0. The second kappa shape index (κ2) is 2.74. The molecular formula is C11H11Br. The summed E-state index contributed by atoms with van der Waals surface area (Å²) in [6, 6.07) is 4.50. The highest BCUT2D eigenvalue weighted by Gasteiger charge is 2.11. The molecule has 12 heavy (non-hydrogen) atoms. The third-order valence-electron chi connectivity index (χ3n) is 2.44. The fourth-order valence-electron chi connectivity index (χ4n) is 1.63. The van der Waals surface area contributed by atoms with E-state index in [-0.39, 0.29) is 0 Å². The van der Waals surface area contributed by atoms with Gasteiger partial charge in [0.1, 0.15) is 0 Å². The van der Waals surface area contributed by atoms with E-state index in [1.54, 1.807) is 0 Å². The smallest absolute Gasteiger partial charge is 0.0207 e. The largest absolute Gasteiger partial charge is 0.0766 e. The molecule has 1 heteroatoms. The summed E-state index contributed by atoms with van der Waals surface area (Å²) >= 11 is 3.55. The van der Waals surface area contributed by atoms with Gasteiger partial charge in [0.25, 0.3) is 0 Å².